The summed E-state index contributed by atoms with van der Waals surface area (Å²) in [6.07, 6.45) is 3.87. The molecule has 9 nitrogen and oxygen atoms in total. The van der Waals surface area contributed by atoms with Crippen molar-refractivity contribution in [2.75, 3.05) is 13.6 Å². The highest BCUT2D eigenvalue weighted by molar-refractivity contribution is 6.11. The molecule has 9 rings (SSSR count). The zero-order valence-corrected chi connectivity index (χ0v) is 26.0. The van der Waals surface area contributed by atoms with Gasteiger partial charge in [0, 0.05) is 55.2 Å². The Labute approximate surface area is 270 Å². The smallest absolute Gasteiger partial charge is 0.269 e. The zero-order chi connectivity index (χ0) is 32.4. The van der Waals surface area contributed by atoms with Crippen LogP contribution < -0.4 is 10.6 Å². The summed E-state index contributed by atoms with van der Waals surface area (Å²) in [4.78, 5) is 26.8. The molecule has 3 N–H and O–H groups in total. The summed E-state index contributed by atoms with van der Waals surface area (Å²) >= 11 is 0. The molecule has 5 heterocycles. The molecular formula is C37H32FN7O2. The lowest BCUT2D eigenvalue weighted by atomic mass is 9.79. The summed E-state index contributed by atoms with van der Waals surface area (Å²) in [6, 6.07) is 18.9. The molecule has 1 amide bonds. The highest BCUT2D eigenvalue weighted by Crippen LogP contribution is 2.48. The second-order valence-corrected chi connectivity index (χ2v) is 12.4. The van der Waals surface area contributed by atoms with Gasteiger partial charge in [0.1, 0.15) is 34.0 Å². The van der Waals surface area contributed by atoms with Crippen LogP contribution in [-0.4, -0.2) is 50.2 Å². The molecule has 3 unspecified atom stereocenters. The van der Waals surface area contributed by atoms with Crippen LogP contribution in [0.25, 0.3) is 55.1 Å². The zero-order valence-electron chi connectivity index (χ0n) is 26.0. The number of fused-ring (bicyclic) bond motifs is 5. The third kappa shape index (κ3) is 4.45. The van der Waals surface area contributed by atoms with E-state index in [4.69, 9.17) is 9.97 Å². The molecule has 0 radical (unpaired) electrons. The Hall–Kier alpha value is -5.40. The second kappa shape index (κ2) is 11.1. The number of carbonyl (C=O) groups is 1. The van der Waals surface area contributed by atoms with Gasteiger partial charge < -0.3 is 20.3 Å². The van der Waals surface area contributed by atoms with Crippen LogP contribution in [0.1, 0.15) is 47.7 Å². The van der Waals surface area contributed by atoms with Gasteiger partial charge in [0.15, 0.2) is 5.82 Å². The quantitative estimate of drug-likeness (QED) is 0.192. The number of nitriles is 1. The largest absolute Gasteiger partial charge is 0.508 e. The number of hydrogen-bond acceptors (Lipinski definition) is 7. The van der Waals surface area contributed by atoms with E-state index in [9.17, 15) is 15.2 Å². The number of amides is 1. The maximum absolute atomic E-state index is 17.5. The minimum Gasteiger partial charge on any atom is -0.508 e. The van der Waals surface area contributed by atoms with Gasteiger partial charge >= 0.3 is 0 Å². The summed E-state index contributed by atoms with van der Waals surface area (Å²) in [7, 11) is 1.55. The fourth-order valence-corrected chi connectivity index (χ4v) is 7.64. The van der Waals surface area contributed by atoms with Gasteiger partial charge in [-0.2, -0.15) is 5.26 Å². The van der Waals surface area contributed by atoms with Crippen molar-refractivity contribution < 1.29 is 14.3 Å². The number of nitrogens with one attached hydrogen (secondary N) is 2. The number of carbonyl (C=O) groups excluding carboxylic acids is 1. The van der Waals surface area contributed by atoms with Gasteiger partial charge in [-0.15, -0.1) is 0 Å². The van der Waals surface area contributed by atoms with Crippen molar-refractivity contribution in [3.05, 3.63) is 83.7 Å². The molecule has 3 aliphatic rings. The van der Waals surface area contributed by atoms with Gasteiger partial charge in [0.25, 0.3) is 5.91 Å². The van der Waals surface area contributed by atoms with Crippen LogP contribution in [0, 0.1) is 23.1 Å². The summed E-state index contributed by atoms with van der Waals surface area (Å²) in [6.45, 7) is 3.00. The SMILES string of the molecule is CCc1nc2c(-c3ccc(C(=O)NC)nc3)nc3c(F)c(-c4cc(O)cc5ccccc45)c(CCC#N)cc3c2n1C1C2CNC1C2. The average molecular weight is 626 g/mol. The van der Waals surface area contributed by atoms with Gasteiger partial charge in [0.05, 0.1) is 17.6 Å². The molecule has 6 aromatic rings. The van der Waals surface area contributed by atoms with Crippen LogP contribution in [-0.2, 0) is 12.8 Å². The minimum absolute atomic E-state index is 0.0226. The van der Waals surface area contributed by atoms with Crippen molar-refractivity contribution in [2.45, 2.75) is 44.7 Å². The van der Waals surface area contributed by atoms with Crippen molar-refractivity contribution in [2.24, 2.45) is 5.92 Å². The Bertz CT molecular complexity index is 2280. The van der Waals surface area contributed by atoms with E-state index in [0.29, 0.717) is 63.7 Å². The van der Waals surface area contributed by atoms with Gasteiger partial charge in [-0.3, -0.25) is 9.78 Å². The molecule has 3 aromatic carbocycles. The summed E-state index contributed by atoms with van der Waals surface area (Å²) in [5.74, 6) is 0.538. The maximum Gasteiger partial charge on any atom is 0.269 e. The topological polar surface area (TPSA) is 129 Å². The lowest BCUT2D eigenvalue weighted by Crippen LogP contribution is -2.39. The van der Waals surface area contributed by atoms with Crippen molar-refractivity contribution >= 4 is 38.6 Å². The van der Waals surface area contributed by atoms with E-state index < -0.39 is 5.82 Å². The number of hydrogen-bond donors (Lipinski definition) is 3. The van der Waals surface area contributed by atoms with E-state index in [1.54, 1.807) is 37.5 Å². The molecule has 3 fully saturated rings. The summed E-state index contributed by atoms with van der Waals surface area (Å²) in [5, 5.41) is 28.7. The lowest BCUT2D eigenvalue weighted by Gasteiger charge is -2.37. The number of benzene rings is 3. The first-order valence-electron chi connectivity index (χ1n) is 16.0. The highest BCUT2D eigenvalue weighted by atomic mass is 19.1. The normalized spacial score (nSPS) is 18.5. The van der Waals surface area contributed by atoms with Crippen molar-refractivity contribution in [3.63, 3.8) is 0 Å². The van der Waals surface area contributed by atoms with Crippen LogP contribution in [0.15, 0.2) is 60.8 Å². The molecule has 2 bridgehead atoms. The molecular weight excluding hydrogens is 593 g/mol. The molecule has 10 heteroatoms. The number of imidazole rings is 1. The molecule has 47 heavy (non-hydrogen) atoms. The molecule has 2 aliphatic heterocycles. The molecule has 1 aliphatic carbocycles. The number of phenols is 1. The summed E-state index contributed by atoms with van der Waals surface area (Å²) < 4.78 is 19.8. The molecule has 0 spiro atoms. The third-order valence-corrected chi connectivity index (χ3v) is 9.84. The van der Waals surface area contributed by atoms with Crippen LogP contribution >= 0.6 is 0 Å². The molecule has 2 saturated heterocycles. The number of phenolic OH excluding ortho intramolecular Hbond substituents is 1. The maximum atomic E-state index is 17.5. The van der Waals surface area contributed by atoms with Crippen LogP contribution in [0.2, 0.25) is 0 Å². The highest BCUT2D eigenvalue weighted by Gasteiger charge is 2.49. The Morgan fingerprint density at radius 1 is 1.15 bits per heavy atom. The first-order valence-corrected chi connectivity index (χ1v) is 16.0. The van der Waals surface area contributed by atoms with Gasteiger partial charge in [0.2, 0.25) is 0 Å². The Kier molecular flexibility index (Phi) is 6.88. The number of aryl methyl sites for hydroxylation is 2. The number of rotatable bonds is 7. The van der Waals surface area contributed by atoms with Gasteiger partial charge in [-0.25, -0.2) is 14.4 Å². The number of aromatic nitrogens is 4. The van der Waals surface area contributed by atoms with E-state index >= 15 is 4.39 Å². The van der Waals surface area contributed by atoms with E-state index in [2.05, 4.69) is 33.2 Å². The standard InChI is InChI=1S/C37H32FN7O2/c1-3-29-43-34-32(21-10-11-27(41-17-21)37(47)40-2)44-33-26(36(34)45(29)35-22-15-28(35)42-18-22)14-20(8-6-12-39)30(31(33)38)25-16-23(46)13-19-7-4-5-9-24(19)25/h4-5,7,9-11,13-14,16-17,22,28,35,42,46H,3,6,8,15,18H2,1-2H3,(H,40,47). The fraction of sp³-hybridized carbons (Fsp3) is 0.270. The molecule has 3 aromatic heterocycles. The van der Waals surface area contributed by atoms with Crippen LogP contribution in [0.5, 0.6) is 5.75 Å². The van der Waals surface area contributed by atoms with E-state index in [1.807, 2.05) is 30.3 Å². The van der Waals surface area contributed by atoms with Crippen LogP contribution in [0.4, 0.5) is 4.39 Å². The summed E-state index contributed by atoms with van der Waals surface area (Å²) in [5.41, 5.74) is 4.51. The second-order valence-electron chi connectivity index (χ2n) is 12.4. The van der Waals surface area contributed by atoms with Crippen molar-refractivity contribution in [1.82, 2.24) is 30.2 Å². The Balaban J connectivity index is 1.49. The van der Waals surface area contributed by atoms with E-state index in [-0.39, 0.29) is 35.3 Å². The van der Waals surface area contributed by atoms with Gasteiger partial charge in [-0.05, 0) is 71.0 Å². The lowest BCUT2D eigenvalue weighted by molar-refractivity contribution is 0.0958. The molecule has 3 atom stereocenters. The van der Waals surface area contributed by atoms with E-state index in [1.165, 1.54) is 0 Å². The van der Waals surface area contributed by atoms with Crippen LogP contribution in [0.3, 0.4) is 0 Å². The first kappa shape index (κ1) is 29.0. The number of halogens is 1. The third-order valence-electron chi connectivity index (χ3n) is 9.84. The molecule has 1 saturated carbocycles. The van der Waals surface area contributed by atoms with Crippen molar-refractivity contribution in [3.8, 4) is 34.2 Å². The Morgan fingerprint density at radius 2 is 2.00 bits per heavy atom. The average Bonchev–Trinajstić information content (AvgIpc) is 3.83. The van der Waals surface area contributed by atoms with E-state index in [0.717, 1.165) is 35.1 Å². The predicted molar refractivity (Wildman–Crippen MR) is 178 cm³/mol. The fourth-order valence-electron chi connectivity index (χ4n) is 7.64. The number of aromatic hydroxyl groups is 1. The van der Waals surface area contributed by atoms with Gasteiger partial charge in [-0.1, -0.05) is 31.2 Å². The molecule has 234 valence electrons. The number of nitrogens with zero attached hydrogens (tertiary/aromatic N) is 5. The predicted octanol–water partition coefficient (Wildman–Crippen LogP) is 6.22. The first-order chi connectivity index (χ1) is 22.9. The Morgan fingerprint density at radius 3 is 2.70 bits per heavy atom. The monoisotopic (exact) mass is 625 g/mol. The van der Waals surface area contributed by atoms with Crippen molar-refractivity contribution in [1.29, 1.82) is 5.26 Å². The minimum atomic E-state index is -0.523. The number of pyridine rings is 2.